The first-order valence-electron chi connectivity index (χ1n) is 7.09. The number of nitrogens with one attached hydrogen (secondary N) is 1. The zero-order valence-electron chi connectivity index (χ0n) is 11.8. The van der Waals surface area contributed by atoms with Crippen molar-refractivity contribution in [2.75, 3.05) is 6.54 Å². The lowest BCUT2D eigenvalue weighted by Gasteiger charge is -2.14. The van der Waals surface area contributed by atoms with Gasteiger partial charge < -0.3 is 14.2 Å². The number of aromatic nitrogens is 1. The van der Waals surface area contributed by atoms with E-state index in [0.29, 0.717) is 17.5 Å². The van der Waals surface area contributed by atoms with E-state index in [2.05, 4.69) is 17.2 Å². The minimum atomic E-state index is 0.00510. The van der Waals surface area contributed by atoms with Gasteiger partial charge in [-0.15, -0.1) is 0 Å². The maximum absolute atomic E-state index is 5.87. The van der Waals surface area contributed by atoms with E-state index < -0.39 is 0 Å². The summed E-state index contributed by atoms with van der Waals surface area (Å²) in [6.07, 6.45) is 1.66. The number of rotatable bonds is 6. The largest absolute Gasteiger partial charge is 0.448 e. The molecule has 1 atom stereocenters. The number of benzene rings is 1. The second-order valence-corrected chi connectivity index (χ2v) is 5.30. The number of fused-ring (bicyclic) bond motifs is 1. The second-order valence-electron chi connectivity index (χ2n) is 4.93. The van der Waals surface area contributed by atoms with Gasteiger partial charge in [0.15, 0.2) is 16.7 Å². The summed E-state index contributed by atoms with van der Waals surface area (Å²) < 4.78 is 11.3. The van der Waals surface area contributed by atoms with Gasteiger partial charge in [-0.25, -0.2) is 4.98 Å². The number of para-hydroxylation sites is 2. The van der Waals surface area contributed by atoms with Gasteiger partial charge in [0.2, 0.25) is 0 Å². The minimum absolute atomic E-state index is 0.00510. The van der Waals surface area contributed by atoms with Crippen LogP contribution >= 0.6 is 11.6 Å². The van der Waals surface area contributed by atoms with Crippen LogP contribution in [-0.2, 0) is 6.42 Å². The van der Waals surface area contributed by atoms with E-state index in [-0.39, 0.29) is 6.04 Å². The molecule has 0 aliphatic rings. The first kappa shape index (κ1) is 14.2. The van der Waals surface area contributed by atoms with E-state index in [9.17, 15) is 0 Å². The average Bonchev–Trinajstić information content (AvgIpc) is 3.08. The van der Waals surface area contributed by atoms with Crippen LogP contribution < -0.4 is 5.32 Å². The highest BCUT2D eigenvalue weighted by atomic mass is 35.5. The minimum Gasteiger partial charge on any atom is -0.448 e. The highest BCUT2D eigenvalue weighted by molar-refractivity contribution is 6.28. The van der Waals surface area contributed by atoms with Crippen molar-refractivity contribution in [2.45, 2.75) is 25.8 Å². The van der Waals surface area contributed by atoms with Crippen molar-refractivity contribution in [3.8, 4) is 0 Å². The lowest BCUT2D eigenvalue weighted by molar-refractivity contribution is 0.385. The molecule has 0 amide bonds. The Labute approximate surface area is 128 Å². The lowest BCUT2D eigenvalue weighted by Crippen LogP contribution is -2.23. The second kappa shape index (κ2) is 6.33. The fourth-order valence-corrected chi connectivity index (χ4v) is 2.44. The summed E-state index contributed by atoms with van der Waals surface area (Å²) in [5.74, 6) is 1.49. The van der Waals surface area contributed by atoms with Crippen LogP contribution in [-0.4, -0.2) is 11.5 Å². The van der Waals surface area contributed by atoms with Crippen LogP contribution in [0.5, 0.6) is 0 Å². The highest BCUT2D eigenvalue weighted by Crippen LogP contribution is 2.24. The molecule has 0 aliphatic carbocycles. The monoisotopic (exact) mass is 304 g/mol. The predicted octanol–water partition coefficient (Wildman–Crippen LogP) is 4.36. The van der Waals surface area contributed by atoms with Gasteiger partial charge in [0.1, 0.15) is 11.3 Å². The molecule has 2 aromatic heterocycles. The molecule has 21 heavy (non-hydrogen) atoms. The number of halogens is 1. The van der Waals surface area contributed by atoms with Crippen LogP contribution in [0.15, 0.2) is 45.2 Å². The normalized spacial score (nSPS) is 12.9. The van der Waals surface area contributed by atoms with E-state index >= 15 is 0 Å². The molecule has 0 bridgehead atoms. The maximum atomic E-state index is 5.87. The smallest absolute Gasteiger partial charge is 0.197 e. The molecule has 0 saturated carbocycles. The van der Waals surface area contributed by atoms with Crippen LogP contribution in [0.2, 0.25) is 5.22 Å². The van der Waals surface area contributed by atoms with E-state index in [4.69, 9.17) is 20.4 Å². The van der Waals surface area contributed by atoms with Gasteiger partial charge in [0.05, 0.1) is 6.04 Å². The third-order valence-electron chi connectivity index (χ3n) is 3.30. The first-order valence-corrected chi connectivity index (χ1v) is 7.47. The highest BCUT2D eigenvalue weighted by Gasteiger charge is 2.18. The maximum Gasteiger partial charge on any atom is 0.197 e. The average molecular weight is 305 g/mol. The zero-order chi connectivity index (χ0) is 14.7. The van der Waals surface area contributed by atoms with Gasteiger partial charge in [0.25, 0.3) is 0 Å². The molecule has 2 heterocycles. The summed E-state index contributed by atoms with van der Waals surface area (Å²) in [6, 6.07) is 11.4. The SMILES string of the molecule is CCCNC(Cc1nc2ccccc2o1)c1ccc(Cl)o1. The number of furan rings is 1. The summed E-state index contributed by atoms with van der Waals surface area (Å²) in [6.45, 7) is 3.02. The molecule has 110 valence electrons. The Morgan fingerprint density at radius 3 is 2.76 bits per heavy atom. The number of hydrogen-bond donors (Lipinski definition) is 1. The van der Waals surface area contributed by atoms with E-state index in [1.165, 1.54) is 0 Å². The van der Waals surface area contributed by atoms with Crippen molar-refractivity contribution in [1.82, 2.24) is 10.3 Å². The molecule has 0 spiro atoms. The van der Waals surface area contributed by atoms with Crippen molar-refractivity contribution < 1.29 is 8.83 Å². The Morgan fingerprint density at radius 2 is 2.05 bits per heavy atom. The number of oxazole rings is 1. The Morgan fingerprint density at radius 1 is 1.19 bits per heavy atom. The lowest BCUT2D eigenvalue weighted by atomic mass is 10.1. The van der Waals surface area contributed by atoms with E-state index in [0.717, 1.165) is 29.8 Å². The van der Waals surface area contributed by atoms with Crippen LogP contribution in [0, 0.1) is 0 Å². The van der Waals surface area contributed by atoms with Crippen LogP contribution in [0.1, 0.15) is 31.0 Å². The molecular formula is C16H17ClN2O2. The van der Waals surface area contributed by atoms with E-state index in [1.54, 1.807) is 6.07 Å². The third kappa shape index (κ3) is 3.28. The van der Waals surface area contributed by atoms with Crippen molar-refractivity contribution in [1.29, 1.82) is 0 Å². The third-order valence-corrected chi connectivity index (χ3v) is 3.50. The Hall–Kier alpha value is -1.78. The van der Waals surface area contributed by atoms with Gasteiger partial charge in [-0.1, -0.05) is 19.1 Å². The molecule has 0 aliphatic heterocycles. The summed E-state index contributed by atoms with van der Waals surface area (Å²) >= 11 is 5.87. The number of hydrogen-bond acceptors (Lipinski definition) is 4. The molecule has 0 fully saturated rings. The fourth-order valence-electron chi connectivity index (χ4n) is 2.29. The molecule has 1 N–H and O–H groups in total. The van der Waals surface area contributed by atoms with Gasteiger partial charge in [0, 0.05) is 6.42 Å². The predicted molar refractivity (Wildman–Crippen MR) is 82.5 cm³/mol. The molecule has 1 unspecified atom stereocenters. The zero-order valence-corrected chi connectivity index (χ0v) is 12.6. The molecule has 4 nitrogen and oxygen atoms in total. The van der Waals surface area contributed by atoms with Gasteiger partial charge in [-0.05, 0) is 48.8 Å². The standard InChI is InChI=1S/C16H17ClN2O2/c1-2-9-18-12(14-7-8-15(17)20-14)10-16-19-11-5-3-4-6-13(11)21-16/h3-8,12,18H,2,9-10H2,1H3. The molecule has 5 heteroatoms. The molecule has 3 rings (SSSR count). The summed E-state index contributed by atoms with van der Waals surface area (Å²) in [4.78, 5) is 4.51. The Kier molecular flexibility index (Phi) is 4.27. The first-order chi connectivity index (χ1) is 10.3. The summed E-state index contributed by atoms with van der Waals surface area (Å²) in [7, 11) is 0. The van der Waals surface area contributed by atoms with Crippen molar-refractivity contribution in [3.63, 3.8) is 0 Å². The Bertz CT molecular complexity index is 687. The summed E-state index contributed by atoms with van der Waals surface area (Å²) in [5.41, 5.74) is 1.68. The summed E-state index contributed by atoms with van der Waals surface area (Å²) in [5, 5.41) is 3.83. The molecule has 0 saturated heterocycles. The van der Waals surface area contributed by atoms with Crippen LogP contribution in [0.3, 0.4) is 0 Å². The topological polar surface area (TPSA) is 51.2 Å². The van der Waals surface area contributed by atoms with Crippen LogP contribution in [0.25, 0.3) is 11.1 Å². The van der Waals surface area contributed by atoms with Gasteiger partial charge >= 0.3 is 0 Å². The quantitative estimate of drug-likeness (QED) is 0.735. The van der Waals surface area contributed by atoms with Crippen molar-refractivity contribution >= 4 is 22.7 Å². The van der Waals surface area contributed by atoms with E-state index in [1.807, 2.05) is 30.3 Å². The van der Waals surface area contributed by atoms with Crippen LogP contribution in [0.4, 0.5) is 0 Å². The Balaban J connectivity index is 1.83. The molecule has 1 aromatic carbocycles. The number of nitrogens with zero attached hydrogens (tertiary/aromatic N) is 1. The van der Waals surface area contributed by atoms with Gasteiger partial charge in [-0.3, -0.25) is 0 Å². The molecule has 0 radical (unpaired) electrons. The van der Waals surface area contributed by atoms with Crippen molar-refractivity contribution in [2.24, 2.45) is 0 Å². The molecule has 3 aromatic rings. The fraction of sp³-hybridized carbons (Fsp3) is 0.312. The van der Waals surface area contributed by atoms with Gasteiger partial charge in [-0.2, -0.15) is 0 Å². The molecular weight excluding hydrogens is 288 g/mol. The van der Waals surface area contributed by atoms with Crippen molar-refractivity contribution in [3.05, 3.63) is 53.3 Å².